The van der Waals surface area contributed by atoms with Crippen LogP contribution in [0.2, 0.25) is 0 Å². The molecule has 0 spiro atoms. The molecule has 0 aliphatic carbocycles. The summed E-state index contributed by atoms with van der Waals surface area (Å²) in [5.74, 6) is 0. The molecule has 0 rings (SSSR count). The summed E-state index contributed by atoms with van der Waals surface area (Å²) in [4.78, 5) is 0. The van der Waals surface area contributed by atoms with Crippen LogP contribution < -0.4 is 5.32 Å². The number of nitrogens with one attached hydrogen (secondary N) is 1. The Morgan fingerprint density at radius 2 is 2.08 bits per heavy atom. The second kappa shape index (κ2) is 8.38. The molecule has 1 N–H and O–H groups in total. The topological polar surface area (TPSA) is 12.0 Å². The van der Waals surface area contributed by atoms with Crippen molar-refractivity contribution in [1.29, 1.82) is 0 Å². The van der Waals surface area contributed by atoms with Crippen LogP contribution in [-0.2, 0) is 0 Å². The zero-order valence-corrected chi connectivity index (χ0v) is 8.40. The van der Waals surface area contributed by atoms with Gasteiger partial charge in [-0.15, -0.1) is 0 Å². The molecule has 0 saturated heterocycles. The second-order valence-electron chi connectivity index (χ2n) is 3.08. The van der Waals surface area contributed by atoms with Gasteiger partial charge in [0.25, 0.3) is 0 Å². The minimum atomic E-state index is 1.06. The predicted octanol–water partition coefficient (Wildman–Crippen LogP) is 3.25. The fraction of sp³-hybridized carbons (Fsp3) is 0.636. The van der Waals surface area contributed by atoms with Gasteiger partial charge in [0.2, 0.25) is 0 Å². The third-order valence-corrected chi connectivity index (χ3v) is 1.63. The highest BCUT2D eigenvalue weighted by Gasteiger charge is 1.85. The van der Waals surface area contributed by atoms with Crippen molar-refractivity contribution in [3.05, 3.63) is 24.4 Å². The highest BCUT2D eigenvalue weighted by molar-refractivity contribution is 4.84. The Morgan fingerprint density at radius 1 is 1.33 bits per heavy atom. The van der Waals surface area contributed by atoms with Gasteiger partial charge in [-0.25, -0.2) is 0 Å². The van der Waals surface area contributed by atoms with Crippen molar-refractivity contribution in [3.63, 3.8) is 0 Å². The van der Waals surface area contributed by atoms with Gasteiger partial charge in [0.1, 0.15) is 0 Å². The lowest BCUT2D eigenvalue weighted by molar-refractivity contribution is 0.686. The molecule has 0 aromatic rings. The SMILES string of the molecule is C=C(C)NCCCC/C=C/CC. The molecule has 0 unspecified atom stereocenters. The average molecular weight is 167 g/mol. The number of allylic oxidation sites excluding steroid dienone is 3. The van der Waals surface area contributed by atoms with Crippen molar-refractivity contribution >= 4 is 0 Å². The molecule has 1 heteroatoms. The van der Waals surface area contributed by atoms with Gasteiger partial charge >= 0.3 is 0 Å². The average Bonchev–Trinajstić information content (AvgIpc) is 2.02. The van der Waals surface area contributed by atoms with E-state index in [4.69, 9.17) is 0 Å². The molecule has 0 amide bonds. The van der Waals surface area contributed by atoms with Gasteiger partial charge in [-0.3, -0.25) is 0 Å². The van der Waals surface area contributed by atoms with Gasteiger partial charge in [-0.05, 0) is 32.6 Å². The number of rotatable bonds is 7. The van der Waals surface area contributed by atoms with Crippen LogP contribution in [0.25, 0.3) is 0 Å². The Kier molecular flexibility index (Phi) is 7.87. The van der Waals surface area contributed by atoms with Gasteiger partial charge in [0, 0.05) is 12.2 Å². The van der Waals surface area contributed by atoms with Crippen LogP contribution >= 0.6 is 0 Å². The number of hydrogen-bond acceptors (Lipinski definition) is 1. The Bertz CT molecular complexity index is 136. The third kappa shape index (κ3) is 9.28. The minimum Gasteiger partial charge on any atom is -0.389 e. The van der Waals surface area contributed by atoms with E-state index in [1.165, 1.54) is 19.3 Å². The zero-order valence-electron chi connectivity index (χ0n) is 8.40. The molecular weight excluding hydrogens is 146 g/mol. The maximum absolute atomic E-state index is 3.78. The maximum Gasteiger partial charge on any atom is 0.0143 e. The normalized spacial score (nSPS) is 10.5. The van der Waals surface area contributed by atoms with Gasteiger partial charge in [-0.2, -0.15) is 0 Å². The largest absolute Gasteiger partial charge is 0.389 e. The van der Waals surface area contributed by atoms with Crippen LogP contribution in [0, 0.1) is 0 Å². The molecule has 0 bridgehead atoms. The van der Waals surface area contributed by atoms with Crippen LogP contribution in [0.5, 0.6) is 0 Å². The van der Waals surface area contributed by atoms with Gasteiger partial charge < -0.3 is 5.32 Å². The summed E-state index contributed by atoms with van der Waals surface area (Å²) >= 11 is 0. The number of hydrogen-bond donors (Lipinski definition) is 1. The molecule has 12 heavy (non-hydrogen) atoms. The van der Waals surface area contributed by atoms with Crippen molar-refractivity contribution < 1.29 is 0 Å². The molecule has 0 aliphatic rings. The van der Waals surface area contributed by atoms with E-state index in [2.05, 4.69) is 31.0 Å². The smallest absolute Gasteiger partial charge is 0.0143 e. The molecular formula is C11H21N. The Labute approximate surface area is 76.6 Å². The number of unbranched alkanes of at least 4 members (excludes halogenated alkanes) is 2. The molecule has 70 valence electrons. The van der Waals surface area contributed by atoms with Crippen LogP contribution in [-0.4, -0.2) is 6.54 Å². The molecule has 0 radical (unpaired) electrons. The molecule has 0 aromatic carbocycles. The standard InChI is InChI=1S/C11H21N/c1-4-5-6-7-8-9-10-12-11(2)3/h5-6,12H,2,4,7-10H2,1,3H3/b6-5+. The van der Waals surface area contributed by atoms with Crippen LogP contribution in [0.3, 0.4) is 0 Å². The molecule has 0 saturated carbocycles. The monoisotopic (exact) mass is 167 g/mol. The first-order chi connectivity index (χ1) is 5.77. The highest BCUT2D eigenvalue weighted by Crippen LogP contribution is 1.96. The lowest BCUT2D eigenvalue weighted by atomic mass is 10.2. The summed E-state index contributed by atoms with van der Waals surface area (Å²) in [6.07, 6.45) is 9.38. The van der Waals surface area contributed by atoms with E-state index in [0.29, 0.717) is 0 Å². The molecule has 0 fully saturated rings. The third-order valence-electron chi connectivity index (χ3n) is 1.63. The fourth-order valence-electron chi connectivity index (χ4n) is 0.973. The van der Waals surface area contributed by atoms with E-state index in [9.17, 15) is 0 Å². The van der Waals surface area contributed by atoms with Crippen molar-refractivity contribution in [2.45, 2.75) is 39.5 Å². The molecule has 1 nitrogen and oxygen atoms in total. The molecule has 0 atom stereocenters. The van der Waals surface area contributed by atoms with Crippen LogP contribution in [0.1, 0.15) is 39.5 Å². The minimum absolute atomic E-state index is 1.06. The summed E-state index contributed by atoms with van der Waals surface area (Å²) in [6.45, 7) is 9.00. The Hall–Kier alpha value is -0.720. The van der Waals surface area contributed by atoms with E-state index < -0.39 is 0 Å². The van der Waals surface area contributed by atoms with E-state index in [-0.39, 0.29) is 0 Å². The lowest BCUT2D eigenvalue weighted by Gasteiger charge is -2.02. The van der Waals surface area contributed by atoms with Crippen LogP contribution in [0.15, 0.2) is 24.4 Å². The van der Waals surface area contributed by atoms with Crippen molar-refractivity contribution in [1.82, 2.24) is 5.32 Å². The zero-order chi connectivity index (χ0) is 9.23. The van der Waals surface area contributed by atoms with E-state index in [1.807, 2.05) is 6.92 Å². The molecule has 0 aromatic heterocycles. The van der Waals surface area contributed by atoms with E-state index >= 15 is 0 Å². The van der Waals surface area contributed by atoms with Crippen LogP contribution in [0.4, 0.5) is 0 Å². The summed E-state index contributed by atoms with van der Waals surface area (Å²) in [5.41, 5.74) is 1.07. The highest BCUT2D eigenvalue weighted by atomic mass is 14.9. The van der Waals surface area contributed by atoms with Gasteiger partial charge in [0.15, 0.2) is 0 Å². The van der Waals surface area contributed by atoms with Crippen molar-refractivity contribution in [3.8, 4) is 0 Å². The summed E-state index contributed by atoms with van der Waals surface area (Å²) in [7, 11) is 0. The Morgan fingerprint density at radius 3 is 2.67 bits per heavy atom. The quantitative estimate of drug-likeness (QED) is 0.453. The van der Waals surface area contributed by atoms with Gasteiger partial charge in [-0.1, -0.05) is 25.7 Å². The summed E-state index contributed by atoms with van der Waals surface area (Å²) in [5, 5.41) is 3.22. The van der Waals surface area contributed by atoms with E-state index in [1.54, 1.807) is 0 Å². The fourth-order valence-corrected chi connectivity index (χ4v) is 0.973. The Balaban J connectivity index is 3.00. The first-order valence-corrected chi connectivity index (χ1v) is 4.81. The first kappa shape index (κ1) is 11.3. The summed E-state index contributed by atoms with van der Waals surface area (Å²) in [6, 6.07) is 0. The predicted molar refractivity (Wildman–Crippen MR) is 56.1 cm³/mol. The second-order valence-corrected chi connectivity index (χ2v) is 3.08. The lowest BCUT2D eigenvalue weighted by Crippen LogP contribution is -2.11. The molecule has 0 aliphatic heterocycles. The summed E-state index contributed by atoms with van der Waals surface area (Å²) < 4.78 is 0. The van der Waals surface area contributed by atoms with E-state index in [0.717, 1.165) is 18.7 Å². The molecule has 0 heterocycles. The first-order valence-electron chi connectivity index (χ1n) is 4.81. The maximum atomic E-state index is 3.78. The van der Waals surface area contributed by atoms with Crippen molar-refractivity contribution in [2.24, 2.45) is 0 Å². The van der Waals surface area contributed by atoms with Gasteiger partial charge in [0.05, 0.1) is 0 Å². The van der Waals surface area contributed by atoms with Crippen molar-refractivity contribution in [2.75, 3.05) is 6.54 Å².